The zero-order chi connectivity index (χ0) is 29.4. The first-order valence-electron chi connectivity index (χ1n) is 15.9. The summed E-state index contributed by atoms with van der Waals surface area (Å²) in [4.78, 5) is 0. The summed E-state index contributed by atoms with van der Waals surface area (Å²) in [5.74, 6) is 3.94. The van der Waals surface area contributed by atoms with Gasteiger partial charge in [-0.15, -0.1) is 0 Å². The molecule has 0 spiro atoms. The first-order chi connectivity index (χ1) is 17.3. The SMILES string of the molecule is CCC[CH2][Sn]([C]#CC1=C(C)[C@@H](O[Si](C)(C)C(C)(C)C)C[C@H](O[Si](C)(C)C(C)(C)C)C1)([CH2]CCC)[CH2]CCC. The second-order valence-corrected chi connectivity index (χ2v) is 37.1. The van der Waals surface area contributed by atoms with Crippen LogP contribution in [0.2, 0.25) is 49.6 Å². The maximum absolute atomic E-state index is 7.11. The fourth-order valence-electron chi connectivity index (χ4n) is 4.90. The van der Waals surface area contributed by atoms with E-state index >= 15 is 0 Å². The van der Waals surface area contributed by atoms with E-state index in [0.717, 1.165) is 12.8 Å². The predicted octanol–water partition coefficient (Wildman–Crippen LogP) is 11.3. The average molecular weight is 670 g/mol. The van der Waals surface area contributed by atoms with Crippen molar-refractivity contribution in [2.45, 2.75) is 182 Å². The first-order valence-corrected chi connectivity index (χ1v) is 29.2. The van der Waals surface area contributed by atoms with E-state index in [9.17, 15) is 0 Å². The van der Waals surface area contributed by atoms with Crippen LogP contribution < -0.4 is 0 Å². The van der Waals surface area contributed by atoms with Crippen molar-refractivity contribution in [2.75, 3.05) is 0 Å². The molecule has 1 aliphatic rings. The zero-order valence-electron chi connectivity index (χ0n) is 28.2. The van der Waals surface area contributed by atoms with E-state index in [2.05, 4.69) is 105 Å². The summed E-state index contributed by atoms with van der Waals surface area (Å²) in [5.41, 5.74) is 2.76. The number of hydrogen-bond acceptors (Lipinski definition) is 2. The van der Waals surface area contributed by atoms with Gasteiger partial charge in [0.2, 0.25) is 0 Å². The summed E-state index contributed by atoms with van der Waals surface area (Å²) in [6, 6.07) is 0. The predicted molar refractivity (Wildman–Crippen MR) is 179 cm³/mol. The van der Waals surface area contributed by atoms with Crippen molar-refractivity contribution in [3.05, 3.63) is 11.1 Å². The van der Waals surface area contributed by atoms with Gasteiger partial charge in [0.25, 0.3) is 0 Å². The van der Waals surface area contributed by atoms with Gasteiger partial charge >= 0.3 is 247 Å². The summed E-state index contributed by atoms with van der Waals surface area (Å²) >= 11 is -2.54. The molecule has 0 heterocycles. The van der Waals surface area contributed by atoms with Gasteiger partial charge in [-0.1, -0.05) is 0 Å². The normalized spacial score (nSPS) is 19.9. The summed E-state index contributed by atoms with van der Waals surface area (Å²) in [7, 11) is -3.80. The molecule has 1 aliphatic carbocycles. The fourth-order valence-corrected chi connectivity index (χ4v) is 20.8. The van der Waals surface area contributed by atoms with Crippen LogP contribution >= 0.6 is 0 Å². The monoisotopic (exact) mass is 670 g/mol. The van der Waals surface area contributed by atoms with Crippen molar-refractivity contribution in [2.24, 2.45) is 0 Å². The van der Waals surface area contributed by atoms with Crippen LogP contribution in [0, 0.1) is 9.86 Å². The van der Waals surface area contributed by atoms with Gasteiger partial charge in [-0.25, -0.2) is 0 Å². The van der Waals surface area contributed by atoms with Gasteiger partial charge in [-0.3, -0.25) is 0 Å². The van der Waals surface area contributed by atoms with E-state index in [-0.39, 0.29) is 22.3 Å². The minimum absolute atomic E-state index is 0.134. The molecule has 0 aliphatic heterocycles. The Morgan fingerprint density at radius 3 is 1.58 bits per heavy atom. The third-order valence-corrected chi connectivity index (χ3v) is 32.0. The van der Waals surface area contributed by atoms with Crippen LogP contribution in [0.1, 0.15) is 121 Å². The van der Waals surface area contributed by atoms with Gasteiger partial charge in [-0.2, -0.15) is 0 Å². The Hall–Kier alpha value is 0.452. The van der Waals surface area contributed by atoms with E-state index in [0.29, 0.717) is 0 Å². The summed E-state index contributed by atoms with van der Waals surface area (Å²) < 4.78 is 22.7. The molecule has 0 unspecified atom stereocenters. The molecule has 0 N–H and O–H groups in total. The Labute approximate surface area is 246 Å². The molecule has 0 aromatic carbocycles. The molecule has 0 fully saturated rings. The quantitative estimate of drug-likeness (QED) is 0.144. The second kappa shape index (κ2) is 15.1. The van der Waals surface area contributed by atoms with Crippen molar-refractivity contribution in [1.82, 2.24) is 0 Å². The van der Waals surface area contributed by atoms with Gasteiger partial charge < -0.3 is 0 Å². The van der Waals surface area contributed by atoms with Gasteiger partial charge in [0, 0.05) is 0 Å². The Kier molecular flexibility index (Phi) is 14.5. The molecule has 222 valence electrons. The van der Waals surface area contributed by atoms with E-state index < -0.39 is 35.0 Å². The van der Waals surface area contributed by atoms with Crippen molar-refractivity contribution < 1.29 is 8.85 Å². The molecule has 2 atom stereocenters. The Balaban J connectivity index is 3.54. The van der Waals surface area contributed by atoms with Crippen LogP contribution in [-0.2, 0) is 8.85 Å². The molecule has 1 rings (SSSR count). The molecule has 0 saturated heterocycles. The molecule has 5 heteroatoms. The molecule has 0 radical (unpaired) electrons. The molecule has 0 aromatic heterocycles. The van der Waals surface area contributed by atoms with Crippen LogP contribution in [0.25, 0.3) is 0 Å². The topological polar surface area (TPSA) is 18.5 Å². The molecule has 38 heavy (non-hydrogen) atoms. The van der Waals surface area contributed by atoms with Crippen LogP contribution in [0.4, 0.5) is 0 Å². The van der Waals surface area contributed by atoms with Gasteiger partial charge in [0.05, 0.1) is 0 Å². The van der Waals surface area contributed by atoms with Crippen molar-refractivity contribution in [1.29, 1.82) is 0 Å². The Morgan fingerprint density at radius 2 is 1.18 bits per heavy atom. The number of rotatable bonds is 13. The van der Waals surface area contributed by atoms with Crippen LogP contribution in [0.3, 0.4) is 0 Å². The van der Waals surface area contributed by atoms with Crippen molar-refractivity contribution in [3.8, 4) is 9.86 Å². The van der Waals surface area contributed by atoms with Gasteiger partial charge in [-0.05, 0) is 0 Å². The summed E-state index contributed by atoms with van der Waals surface area (Å²) in [6.07, 6.45) is 10.3. The number of hydrogen-bond donors (Lipinski definition) is 0. The maximum atomic E-state index is 7.11. The van der Waals surface area contributed by atoms with Gasteiger partial charge in [0.1, 0.15) is 0 Å². The molecule has 2 nitrogen and oxygen atoms in total. The Bertz CT molecular complexity index is 799. The summed E-state index contributed by atoms with van der Waals surface area (Å²) in [6.45, 7) is 33.1. The van der Waals surface area contributed by atoms with Crippen molar-refractivity contribution in [3.63, 3.8) is 0 Å². The average Bonchev–Trinajstić information content (AvgIpc) is 2.78. The van der Waals surface area contributed by atoms with E-state index in [1.807, 2.05) is 0 Å². The number of unbranched alkanes of at least 4 members (excludes halogenated alkanes) is 3. The zero-order valence-corrected chi connectivity index (χ0v) is 33.1. The molecular formula is C33H66O2Si2Sn. The van der Waals surface area contributed by atoms with E-state index in [4.69, 9.17) is 8.85 Å². The molecule has 0 bridgehead atoms. The molecule has 0 aromatic rings. The molecule has 0 amide bonds. The van der Waals surface area contributed by atoms with Crippen LogP contribution in [0.15, 0.2) is 11.1 Å². The van der Waals surface area contributed by atoms with Crippen LogP contribution in [-0.4, -0.2) is 47.2 Å². The molecule has 0 saturated carbocycles. The van der Waals surface area contributed by atoms with E-state index in [1.54, 1.807) is 0 Å². The summed E-state index contributed by atoms with van der Waals surface area (Å²) in [5, 5.41) is 0.398. The van der Waals surface area contributed by atoms with E-state index in [1.165, 1.54) is 63.0 Å². The third-order valence-electron chi connectivity index (χ3n) is 9.88. The Morgan fingerprint density at radius 1 is 0.763 bits per heavy atom. The first kappa shape index (κ1) is 36.5. The van der Waals surface area contributed by atoms with Crippen LogP contribution in [0.5, 0.6) is 0 Å². The van der Waals surface area contributed by atoms with Gasteiger partial charge in [0.15, 0.2) is 0 Å². The standard InChI is InChI=1S/C21H39O2Si2.3C4H9.Sn/c1-13-17-14-18(22-24(9,10)20(3,4)5)15-19(16(17)2)23-25(11,12)21(6,7)8;3*1-3-4-2;/h18-19H,14-15H2,2-12H3;3*1,3-4H2,2H3;/t18-,19+;;;;/m1..../s1. The second-order valence-electron chi connectivity index (χ2n) is 15.3. The fraction of sp³-hybridized carbons (Fsp3) is 0.879. The minimum atomic E-state index is -2.54. The third kappa shape index (κ3) is 10.7. The molecular weight excluding hydrogens is 603 g/mol. The van der Waals surface area contributed by atoms with Crippen molar-refractivity contribution >= 4 is 35.0 Å².